The molecule has 3 amide bonds. The van der Waals surface area contributed by atoms with Gasteiger partial charge in [0.05, 0.1) is 5.92 Å². The minimum absolute atomic E-state index is 0.271. The second-order valence-corrected chi connectivity index (χ2v) is 10.0. The molecule has 4 rings (SSSR count). The van der Waals surface area contributed by atoms with Gasteiger partial charge in [0.1, 0.15) is 5.54 Å². The molecule has 0 unspecified atom stereocenters. The summed E-state index contributed by atoms with van der Waals surface area (Å²) in [6.45, 7) is 2.91. The number of urea groups is 1. The zero-order chi connectivity index (χ0) is 22.5. The number of fused-ring (bicyclic) bond motifs is 3. The van der Waals surface area contributed by atoms with Gasteiger partial charge < -0.3 is 10.0 Å². The number of Topliss-reactive ketones (excluding diaryl/α,β-unsaturated/α-hetero) is 1. The Kier molecular flexibility index (Phi) is 5.37. The first kappa shape index (κ1) is 21.5. The number of aryl methyl sites for hydroxylation is 2. The Balaban J connectivity index is 1.53. The van der Waals surface area contributed by atoms with Crippen molar-refractivity contribution in [3.8, 4) is 0 Å². The van der Waals surface area contributed by atoms with Crippen molar-refractivity contribution >= 4 is 45.1 Å². The Morgan fingerprint density at radius 3 is 2.55 bits per heavy atom. The van der Waals surface area contributed by atoms with Gasteiger partial charge in [-0.2, -0.15) is 0 Å². The van der Waals surface area contributed by atoms with Gasteiger partial charge in [0.15, 0.2) is 5.78 Å². The van der Waals surface area contributed by atoms with Crippen LogP contribution in [0.3, 0.4) is 0 Å². The summed E-state index contributed by atoms with van der Waals surface area (Å²) in [7, 11) is 1.51. The van der Waals surface area contributed by atoms with Crippen LogP contribution in [0.2, 0.25) is 0 Å². The number of rotatable bonds is 6. The lowest BCUT2D eigenvalue weighted by Gasteiger charge is -2.22. The summed E-state index contributed by atoms with van der Waals surface area (Å²) in [4.78, 5) is 53.4. The minimum atomic E-state index is -1.20. The van der Waals surface area contributed by atoms with E-state index in [9.17, 15) is 24.3 Å². The highest BCUT2D eigenvalue weighted by atomic mass is 32.1. The second-order valence-electron chi connectivity index (χ2n) is 8.90. The SMILES string of the molecule is CN1C(=O)N(C[C@@H](CC(=O)c2ccc3c4c(sc3c2)CCCC4)C(=O)O)C(=O)C1(C)C. The average Bonchev–Trinajstić information content (AvgIpc) is 3.17. The van der Waals surface area contributed by atoms with E-state index in [1.54, 1.807) is 31.3 Å². The lowest BCUT2D eigenvalue weighted by atomic mass is 9.94. The van der Waals surface area contributed by atoms with Gasteiger partial charge in [0.2, 0.25) is 0 Å². The van der Waals surface area contributed by atoms with Crippen molar-refractivity contribution in [1.29, 1.82) is 0 Å². The van der Waals surface area contributed by atoms with Crippen LogP contribution in [0.1, 0.15) is 53.9 Å². The molecule has 1 fully saturated rings. The number of benzene rings is 1. The second kappa shape index (κ2) is 7.75. The number of amides is 3. The molecule has 2 aliphatic rings. The predicted octanol–water partition coefficient (Wildman–Crippen LogP) is 3.73. The summed E-state index contributed by atoms with van der Waals surface area (Å²) in [5.41, 5.74) is 0.813. The van der Waals surface area contributed by atoms with Crippen LogP contribution in [0.5, 0.6) is 0 Å². The van der Waals surface area contributed by atoms with Crippen LogP contribution in [0.4, 0.5) is 4.79 Å². The Morgan fingerprint density at radius 1 is 1.19 bits per heavy atom. The summed E-state index contributed by atoms with van der Waals surface area (Å²) >= 11 is 1.71. The quantitative estimate of drug-likeness (QED) is 0.543. The van der Waals surface area contributed by atoms with Crippen molar-refractivity contribution in [1.82, 2.24) is 9.80 Å². The molecule has 0 radical (unpaired) electrons. The number of carbonyl (C=O) groups is 4. The van der Waals surface area contributed by atoms with Crippen molar-refractivity contribution in [3.05, 3.63) is 34.2 Å². The van der Waals surface area contributed by atoms with Crippen LogP contribution in [0.25, 0.3) is 10.1 Å². The average molecular weight is 443 g/mol. The molecule has 1 aromatic heterocycles. The van der Waals surface area contributed by atoms with Gasteiger partial charge in [-0.3, -0.25) is 19.3 Å². The largest absolute Gasteiger partial charge is 0.481 e. The third-order valence-corrected chi connectivity index (χ3v) is 7.84. The molecule has 1 N–H and O–H groups in total. The van der Waals surface area contributed by atoms with Gasteiger partial charge in [-0.05, 0) is 56.5 Å². The minimum Gasteiger partial charge on any atom is -0.481 e. The highest BCUT2D eigenvalue weighted by Crippen LogP contribution is 2.37. The van der Waals surface area contributed by atoms with Crippen LogP contribution in [0.15, 0.2) is 18.2 Å². The molecule has 1 aliphatic heterocycles. The molecule has 0 saturated carbocycles. The summed E-state index contributed by atoms with van der Waals surface area (Å²) in [6.07, 6.45) is 4.23. The number of ketones is 1. The predicted molar refractivity (Wildman–Crippen MR) is 117 cm³/mol. The number of hydrogen-bond acceptors (Lipinski definition) is 5. The van der Waals surface area contributed by atoms with Crippen molar-refractivity contribution < 1.29 is 24.3 Å². The van der Waals surface area contributed by atoms with E-state index in [-0.39, 0.29) is 18.7 Å². The Labute approximate surface area is 184 Å². The fourth-order valence-electron chi connectivity index (χ4n) is 4.37. The van der Waals surface area contributed by atoms with E-state index in [4.69, 9.17) is 0 Å². The molecule has 1 aromatic carbocycles. The summed E-state index contributed by atoms with van der Waals surface area (Å²) in [5.74, 6) is -3.11. The van der Waals surface area contributed by atoms with E-state index in [1.807, 2.05) is 12.1 Å². The molecule has 2 heterocycles. The molecular formula is C23H26N2O5S. The maximum absolute atomic E-state index is 12.9. The van der Waals surface area contributed by atoms with Crippen LogP contribution in [-0.2, 0) is 22.4 Å². The number of aliphatic carboxylic acids is 1. The third kappa shape index (κ3) is 3.63. The Morgan fingerprint density at radius 2 is 1.90 bits per heavy atom. The lowest BCUT2D eigenvalue weighted by molar-refractivity contribution is -0.143. The Bertz CT molecular complexity index is 1100. The van der Waals surface area contributed by atoms with Crippen LogP contribution in [-0.4, -0.2) is 57.7 Å². The molecule has 1 saturated heterocycles. The first-order chi connectivity index (χ1) is 14.6. The maximum Gasteiger partial charge on any atom is 0.327 e. The normalized spacial score (nSPS) is 19.1. The van der Waals surface area contributed by atoms with E-state index in [1.165, 1.54) is 40.6 Å². The molecule has 2 aromatic rings. The number of nitrogens with zero attached hydrogens (tertiary/aromatic N) is 2. The van der Waals surface area contributed by atoms with E-state index in [0.29, 0.717) is 5.56 Å². The number of carboxylic acids is 1. The number of likely N-dealkylation sites (N-methyl/N-ethyl adjacent to an activating group) is 1. The van der Waals surface area contributed by atoms with Crippen molar-refractivity contribution in [2.45, 2.75) is 51.5 Å². The molecule has 1 aliphatic carbocycles. The molecule has 1 atom stereocenters. The van der Waals surface area contributed by atoms with Gasteiger partial charge in [-0.1, -0.05) is 12.1 Å². The molecule has 0 spiro atoms. The molecule has 0 bridgehead atoms. The van der Waals surface area contributed by atoms with Crippen LogP contribution < -0.4 is 0 Å². The van der Waals surface area contributed by atoms with Crippen LogP contribution in [0, 0.1) is 5.92 Å². The monoisotopic (exact) mass is 442 g/mol. The first-order valence-corrected chi connectivity index (χ1v) is 11.3. The van der Waals surface area contributed by atoms with Crippen LogP contribution >= 0.6 is 11.3 Å². The molecule has 7 nitrogen and oxygen atoms in total. The molecule has 31 heavy (non-hydrogen) atoms. The third-order valence-electron chi connectivity index (χ3n) is 6.59. The first-order valence-electron chi connectivity index (χ1n) is 10.5. The summed E-state index contributed by atoms with van der Waals surface area (Å²) in [5, 5.41) is 10.9. The van der Waals surface area contributed by atoms with Crippen molar-refractivity contribution in [2.24, 2.45) is 5.92 Å². The molecule has 164 valence electrons. The highest BCUT2D eigenvalue weighted by Gasteiger charge is 2.50. The van der Waals surface area contributed by atoms with Gasteiger partial charge in [0.25, 0.3) is 5.91 Å². The van der Waals surface area contributed by atoms with Gasteiger partial charge >= 0.3 is 12.0 Å². The lowest BCUT2D eigenvalue weighted by Crippen LogP contribution is -2.42. The van der Waals surface area contributed by atoms with Crippen molar-refractivity contribution in [3.63, 3.8) is 0 Å². The zero-order valence-corrected chi connectivity index (χ0v) is 18.8. The fraction of sp³-hybridized carbons (Fsp3) is 0.478. The number of imide groups is 1. The van der Waals surface area contributed by atoms with E-state index in [2.05, 4.69) is 0 Å². The standard InChI is InChI=1S/C23H26N2O5S/c1-23(2)21(29)25(22(30)24(23)3)12-14(20(27)28)10-17(26)13-8-9-16-15-6-4-5-7-18(15)31-19(16)11-13/h8-9,11,14H,4-7,10,12H2,1-3H3,(H,27,28)/t14-/m1/s1. The van der Waals surface area contributed by atoms with E-state index >= 15 is 0 Å². The van der Waals surface area contributed by atoms with Gasteiger partial charge in [0, 0.05) is 35.2 Å². The molecular weight excluding hydrogens is 416 g/mol. The van der Waals surface area contributed by atoms with Crippen molar-refractivity contribution in [2.75, 3.05) is 13.6 Å². The van der Waals surface area contributed by atoms with E-state index in [0.717, 1.165) is 22.4 Å². The van der Waals surface area contributed by atoms with Gasteiger partial charge in [-0.15, -0.1) is 11.3 Å². The smallest absolute Gasteiger partial charge is 0.327 e. The molecule has 8 heteroatoms. The summed E-state index contributed by atoms with van der Waals surface area (Å²) in [6, 6.07) is 5.03. The number of thiophene rings is 1. The zero-order valence-electron chi connectivity index (χ0n) is 17.9. The topological polar surface area (TPSA) is 95.0 Å². The number of hydrogen-bond donors (Lipinski definition) is 1. The maximum atomic E-state index is 12.9. The van der Waals surface area contributed by atoms with E-state index < -0.39 is 29.4 Å². The highest BCUT2D eigenvalue weighted by molar-refractivity contribution is 7.19. The number of carboxylic acid groups (broad SMARTS) is 1. The fourth-order valence-corrected chi connectivity index (χ4v) is 5.71. The Hall–Kier alpha value is -2.74. The summed E-state index contributed by atoms with van der Waals surface area (Å²) < 4.78 is 1.05. The number of carbonyl (C=O) groups excluding carboxylic acids is 3. The van der Waals surface area contributed by atoms with Gasteiger partial charge in [-0.25, -0.2) is 4.79 Å².